The molecule has 3 rings (SSSR count). The van der Waals surface area contributed by atoms with Gasteiger partial charge in [-0.05, 0) is 24.7 Å². The van der Waals surface area contributed by atoms with Crippen LogP contribution in [0.1, 0.15) is 44.9 Å². The summed E-state index contributed by atoms with van der Waals surface area (Å²) in [5, 5.41) is 8.68. The Balaban J connectivity index is 1.45. The molecule has 3 aliphatic rings. The van der Waals surface area contributed by atoms with E-state index in [0.717, 1.165) is 11.8 Å². The maximum Gasteiger partial charge on any atom is 0.0259 e. The summed E-state index contributed by atoms with van der Waals surface area (Å²) in [4.78, 5) is 0. The van der Waals surface area contributed by atoms with Crippen LogP contribution in [0.25, 0.3) is 0 Å². The van der Waals surface area contributed by atoms with E-state index in [0.29, 0.717) is 0 Å². The minimum absolute atomic E-state index is 1.05. The molecule has 2 saturated heterocycles. The highest BCUT2D eigenvalue weighted by Gasteiger charge is 2.29. The van der Waals surface area contributed by atoms with Crippen LogP contribution in [-0.2, 0) is 0 Å². The number of nitrogens with zero attached hydrogens (tertiary/aromatic N) is 2. The van der Waals surface area contributed by atoms with Gasteiger partial charge in [-0.25, -0.2) is 10.0 Å². The van der Waals surface area contributed by atoms with Gasteiger partial charge in [0.25, 0.3) is 0 Å². The molecule has 3 fully saturated rings. The molecule has 0 aromatic carbocycles. The van der Waals surface area contributed by atoms with Crippen molar-refractivity contribution in [2.45, 2.75) is 44.9 Å². The smallest absolute Gasteiger partial charge is 0.0259 e. The van der Waals surface area contributed by atoms with Crippen molar-refractivity contribution in [3.8, 4) is 0 Å². The van der Waals surface area contributed by atoms with E-state index in [1.165, 1.54) is 84.2 Å². The minimum Gasteiger partial charge on any atom is -0.314 e. The van der Waals surface area contributed by atoms with Gasteiger partial charge < -0.3 is 5.32 Å². The van der Waals surface area contributed by atoms with Crippen molar-refractivity contribution >= 4 is 0 Å². The van der Waals surface area contributed by atoms with E-state index in [-0.39, 0.29) is 0 Å². The standard InChI is InChI=1S/C15H29N3/c1-2-4-14(5-3-1)15-6-10-17(11-7-15)18-12-8-16-9-13-18/h14-16H,1-13H2. The van der Waals surface area contributed by atoms with Crippen LogP contribution in [0.3, 0.4) is 0 Å². The summed E-state index contributed by atoms with van der Waals surface area (Å²) in [6, 6.07) is 0. The minimum atomic E-state index is 1.05. The fourth-order valence-corrected chi connectivity index (χ4v) is 4.18. The van der Waals surface area contributed by atoms with Gasteiger partial charge in [-0.15, -0.1) is 0 Å². The number of hydrogen-bond donors (Lipinski definition) is 1. The van der Waals surface area contributed by atoms with Gasteiger partial charge in [0.2, 0.25) is 0 Å². The normalized spacial score (nSPS) is 30.7. The largest absolute Gasteiger partial charge is 0.314 e. The Morgan fingerprint density at radius 1 is 0.611 bits per heavy atom. The zero-order valence-electron chi connectivity index (χ0n) is 11.7. The molecule has 0 radical (unpaired) electrons. The Kier molecular flexibility index (Phi) is 4.55. The Morgan fingerprint density at radius 2 is 1.17 bits per heavy atom. The van der Waals surface area contributed by atoms with Crippen LogP contribution in [0.2, 0.25) is 0 Å². The number of piperidine rings is 1. The average Bonchev–Trinajstić information content (AvgIpc) is 2.49. The molecule has 2 aliphatic heterocycles. The molecule has 0 bridgehead atoms. The van der Waals surface area contributed by atoms with E-state index in [1.807, 2.05) is 0 Å². The summed E-state index contributed by atoms with van der Waals surface area (Å²) in [6.45, 7) is 7.41. The van der Waals surface area contributed by atoms with Gasteiger partial charge in [0.15, 0.2) is 0 Å². The third-order valence-corrected chi connectivity index (χ3v) is 5.33. The van der Waals surface area contributed by atoms with Crippen LogP contribution < -0.4 is 5.32 Å². The first kappa shape index (κ1) is 12.9. The van der Waals surface area contributed by atoms with E-state index < -0.39 is 0 Å². The van der Waals surface area contributed by atoms with Crippen molar-refractivity contribution < 1.29 is 0 Å². The lowest BCUT2D eigenvalue weighted by molar-refractivity contribution is -0.0630. The van der Waals surface area contributed by atoms with Crippen molar-refractivity contribution in [3.05, 3.63) is 0 Å². The SMILES string of the molecule is C1CCC(C2CCN(N3CCNCC3)CC2)CC1. The summed E-state index contributed by atoms with van der Waals surface area (Å²) in [6.07, 6.45) is 10.5. The number of piperazine rings is 1. The maximum absolute atomic E-state index is 3.45. The summed E-state index contributed by atoms with van der Waals surface area (Å²) < 4.78 is 0. The van der Waals surface area contributed by atoms with Gasteiger partial charge in [-0.1, -0.05) is 32.1 Å². The number of nitrogens with one attached hydrogen (secondary N) is 1. The molecule has 0 aromatic heterocycles. The van der Waals surface area contributed by atoms with Crippen molar-refractivity contribution in [2.24, 2.45) is 11.8 Å². The summed E-state index contributed by atoms with van der Waals surface area (Å²) in [7, 11) is 0. The summed E-state index contributed by atoms with van der Waals surface area (Å²) in [5.74, 6) is 2.12. The quantitative estimate of drug-likeness (QED) is 0.811. The summed E-state index contributed by atoms with van der Waals surface area (Å²) >= 11 is 0. The number of hydrogen-bond acceptors (Lipinski definition) is 3. The highest BCUT2D eigenvalue weighted by Crippen LogP contribution is 2.35. The molecule has 0 spiro atoms. The van der Waals surface area contributed by atoms with E-state index in [4.69, 9.17) is 0 Å². The third kappa shape index (κ3) is 3.06. The third-order valence-electron chi connectivity index (χ3n) is 5.33. The van der Waals surface area contributed by atoms with Crippen LogP contribution in [0, 0.1) is 11.8 Å². The molecule has 0 amide bonds. The first-order valence-electron chi connectivity index (χ1n) is 8.14. The predicted molar refractivity (Wildman–Crippen MR) is 75.3 cm³/mol. The number of hydrazine groups is 1. The monoisotopic (exact) mass is 251 g/mol. The lowest BCUT2D eigenvalue weighted by Gasteiger charge is -2.43. The van der Waals surface area contributed by atoms with Crippen LogP contribution in [-0.4, -0.2) is 49.3 Å². The topological polar surface area (TPSA) is 18.5 Å². The maximum atomic E-state index is 3.45. The molecule has 1 saturated carbocycles. The molecule has 3 nitrogen and oxygen atoms in total. The highest BCUT2D eigenvalue weighted by atomic mass is 15.6. The fourth-order valence-electron chi connectivity index (χ4n) is 4.18. The zero-order chi connectivity index (χ0) is 12.2. The molecular weight excluding hydrogens is 222 g/mol. The first-order valence-corrected chi connectivity index (χ1v) is 8.14. The molecule has 2 heterocycles. The predicted octanol–water partition coefficient (Wildman–Crippen LogP) is 2.10. The van der Waals surface area contributed by atoms with Crippen molar-refractivity contribution in [2.75, 3.05) is 39.3 Å². The lowest BCUT2D eigenvalue weighted by Crippen LogP contribution is -2.54. The zero-order valence-corrected chi connectivity index (χ0v) is 11.7. The van der Waals surface area contributed by atoms with Crippen molar-refractivity contribution in [3.63, 3.8) is 0 Å². The Morgan fingerprint density at radius 3 is 1.83 bits per heavy atom. The van der Waals surface area contributed by atoms with E-state index in [2.05, 4.69) is 15.3 Å². The lowest BCUT2D eigenvalue weighted by atomic mass is 9.76. The Hall–Kier alpha value is -0.120. The molecule has 18 heavy (non-hydrogen) atoms. The number of rotatable bonds is 2. The van der Waals surface area contributed by atoms with Crippen LogP contribution in [0.15, 0.2) is 0 Å². The van der Waals surface area contributed by atoms with Crippen LogP contribution in [0.5, 0.6) is 0 Å². The second kappa shape index (κ2) is 6.36. The first-order chi connectivity index (χ1) is 8.93. The van der Waals surface area contributed by atoms with Crippen molar-refractivity contribution in [1.29, 1.82) is 0 Å². The molecule has 1 N–H and O–H groups in total. The fraction of sp³-hybridized carbons (Fsp3) is 1.00. The van der Waals surface area contributed by atoms with E-state index in [1.54, 1.807) is 0 Å². The van der Waals surface area contributed by atoms with Crippen LogP contribution in [0.4, 0.5) is 0 Å². The molecule has 1 aliphatic carbocycles. The van der Waals surface area contributed by atoms with Crippen LogP contribution >= 0.6 is 0 Å². The van der Waals surface area contributed by atoms with Gasteiger partial charge in [-0.3, -0.25) is 0 Å². The van der Waals surface area contributed by atoms with E-state index >= 15 is 0 Å². The Labute approximate surface area is 112 Å². The second-order valence-electron chi connectivity index (χ2n) is 6.39. The van der Waals surface area contributed by atoms with Crippen molar-refractivity contribution in [1.82, 2.24) is 15.3 Å². The summed E-state index contributed by atoms with van der Waals surface area (Å²) in [5.41, 5.74) is 0. The second-order valence-corrected chi connectivity index (χ2v) is 6.39. The molecule has 104 valence electrons. The van der Waals surface area contributed by atoms with Gasteiger partial charge in [0.1, 0.15) is 0 Å². The van der Waals surface area contributed by atoms with Gasteiger partial charge >= 0.3 is 0 Å². The molecule has 0 unspecified atom stereocenters. The highest BCUT2D eigenvalue weighted by molar-refractivity contribution is 4.80. The van der Waals surface area contributed by atoms with E-state index in [9.17, 15) is 0 Å². The van der Waals surface area contributed by atoms with Gasteiger partial charge in [0, 0.05) is 39.3 Å². The molecule has 0 atom stereocenters. The molecular formula is C15H29N3. The molecule has 3 heteroatoms. The average molecular weight is 251 g/mol. The van der Waals surface area contributed by atoms with Gasteiger partial charge in [-0.2, -0.15) is 0 Å². The molecule has 0 aromatic rings. The Bertz CT molecular complexity index is 210. The van der Waals surface area contributed by atoms with Gasteiger partial charge in [0.05, 0.1) is 0 Å².